The first-order chi connectivity index (χ1) is 7.65. The molecule has 1 atom stereocenters. The molecule has 2 amide bonds. The van der Waals surface area contributed by atoms with E-state index in [1.807, 2.05) is 6.20 Å². The number of nitrogens with one attached hydrogen (secondary N) is 2. The number of nitrogens with zero attached hydrogens (tertiary/aromatic N) is 1. The van der Waals surface area contributed by atoms with Gasteiger partial charge in [0.1, 0.15) is 5.01 Å². The molecule has 1 aromatic rings. The lowest BCUT2D eigenvalue weighted by Crippen LogP contribution is -2.41. The van der Waals surface area contributed by atoms with E-state index in [0.717, 1.165) is 11.4 Å². The van der Waals surface area contributed by atoms with Gasteiger partial charge in [0.15, 0.2) is 0 Å². The number of hydrogen-bond donors (Lipinski definition) is 3. The molecule has 90 valence electrons. The van der Waals surface area contributed by atoms with Gasteiger partial charge in [0.25, 0.3) is 0 Å². The van der Waals surface area contributed by atoms with Crippen LogP contribution in [-0.2, 0) is 13.0 Å². The molecule has 1 heterocycles. The van der Waals surface area contributed by atoms with Crippen LogP contribution in [0, 0.1) is 0 Å². The molecular weight excluding hydrogens is 226 g/mol. The molecule has 0 saturated carbocycles. The fraction of sp³-hybridized carbons (Fsp3) is 0.600. The first kappa shape index (κ1) is 12.9. The third kappa shape index (κ3) is 4.16. The number of hydrogen-bond acceptors (Lipinski definition) is 4. The van der Waals surface area contributed by atoms with Crippen LogP contribution in [-0.4, -0.2) is 28.8 Å². The highest BCUT2D eigenvalue weighted by molar-refractivity contribution is 7.11. The van der Waals surface area contributed by atoms with Gasteiger partial charge in [0.2, 0.25) is 0 Å². The Balaban J connectivity index is 2.31. The van der Waals surface area contributed by atoms with Crippen molar-refractivity contribution in [2.45, 2.75) is 32.9 Å². The van der Waals surface area contributed by atoms with Crippen molar-refractivity contribution in [2.24, 2.45) is 0 Å². The first-order valence-corrected chi connectivity index (χ1v) is 6.06. The lowest BCUT2D eigenvalue weighted by Gasteiger charge is -2.10. The number of rotatable bonds is 5. The number of carbonyl (C=O) groups is 1. The number of carbonyl (C=O) groups excluding carboxylic acids is 1. The maximum atomic E-state index is 11.3. The number of amides is 2. The molecule has 0 spiro atoms. The fourth-order valence-corrected chi connectivity index (χ4v) is 1.87. The first-order valence-electron chi connectivity index (χ1n) is 5.24. The van der Waals surface area contributed by atoms with Crippen molar-refractivity contribution in [3.05, 3.63) is 16.1 Å². The van der Waals surface area contributed by atoms with Crippen molar-refractivity contribution in [3.8, 4) is 0 Å². The SMILES string of the molecule is CCc1cnc(CNC(=O)N[C@@H](C)CO)s1. The van der Waals surface area contributed by atoms with E-state index >= 15 is 0 Å². The van der Waals surface area contributed by atoms with Gasteiger partial charge in [-0.25, -0.2) is 9.78 Å². The van der Waals surface area contributed by atoms with E-state index in [-0.39, 0.29) is 18.7 Å². The molecule has 0 aliphatic rings. The summed E-state index contributed by atoms with van der Waals surface area (Å²) < 4.78 is 0. The smallest absolute Gasteiger partial charge is 0.315 e. The lowest BCUT2D eigenvalue weighted by molar-refractivity contribution is 0.220. The molecule has 16 heavy (non-hydrogen) atoms. The molecule has 1 rings (SSSR count). The summed E-state index contributed by atoms with van der Waals surface area (Å²) in [6, 6.07) is -0.516. The number of aryl methyl sites for hydroxylation is 1. The predicted octanol–water partition coefficient (Wildman–Crippen LogP) is 0.886. The highest BCUT2D eigenvalue weighted by Crippen LogP contribution is 2.12. The second-order valence-electron chi connectivity index (χ2n) is 3.48. The van der Waals surface area contributed by atoms with Gasteiger partial charge in [-0.15, -0.1) is 11.3 Å². The molecule has 3 N–H and O–H groups in total. The Morgan fingerprint density at radius 2 is 2.44 bits per heavy atom. The van der Waals surface area contributed by atoms with Crippen LogP contribution in [0.5, 0.6) is 0 Å². The number of aliphatic hydroxyl groups is 1. The summed E-state index contributed by atoms with van der Waals surface area (Å²) in [5, 5.41) is 14.9. The van der Waals surface area contributed by atoms with Gasteiger partial charge in [-0.1, -0.05) is 6.92 Å². The fourth-order valence-electron chi connectivity index (χ4n) is 1.07. The molecule has 0 aliphatic heterocycles. The Morgan fingerprint density at radius 3 is 3.00 bits per heavy atom. The van der Waals surface area contributed by atoms with Crippen molar-refractivity contribution in [2.75, 3.05) is 6.61 Å². The average Bonchev–Trinajstić information content (AvgIpc) is 2.74. The molecule has 0 aliphatic carbocycles. The summed E-state index contributed by atoms with van der Waals surface area (Å²) in [7, 11) is 0. The quantitative estimate of drug-likeness (QED) is 0.719. The molecule has 0 unspecified atom stereocenters. The van der Waals surface area contributed by atoms with Crippen molar-refractivity contribution < 1.29 is 9.90 Å². The molecule has 0 fully saturated rings. The topological polar surface area (TPSA) is 74.2 Å². The Hall–Kier alpha value is -1.14. The van der Waals surface area contributed by atoms with Crippen molar-refractivity contribution in [1.29, 1.82) is 0 Å². The minimum Gasteiger partial charge on any atom is -0.394 e. The van der Waals surface area contributed by atoms with E-state index in [1.165, 1.54) is 4.88 Å². The van der Waals surface area contributed by atoms with E-state index in [9.17, 15) is 4.79 Å². The number of aromatic nitrogens is 1. The minimum absolute atomic E-state index is 0.0648. The third-order valence-electron chi connectivity index (χ3n) is 2.00. The minimum atomic E-state index is -0.283. The largest absolute Gasteiger partial charge is 0.394 e. The molecule has 0 radical (unpaired) electrons. The summed E-state index contributed by atoms with van der Waals surface area (Å²) >= 11 is 1.60. The summed E-state index contributed by atoms with van der Waals surface area (Å²) in [6.07, 6.45) is 2.79. The maximum absolute atomic E-state index is 11.3. The molecule has 1 aromatic heterocycles. The van der Waals surface area contributed by atoms with Gasteiger partial charge in [0.05, 0.1) is 19.2 Å². The zero-order valence-corrected chi connectivity index (χ0v) is 10.3. The zero-order valence-electron chi connectivity index (χ0n) is 9.49. The predicted molar refractivity (Wildman–Crippen MR) is 63.4 cm³/mol. The maximum Gasteiger partial charge on any atom is 0.315 e. The Kier molecular flexibility index (Phi) is 5.21. The second kappa shape index (κ2) is 6.44. The third-order valence-corrected chi connectivity index (χ3v) is 3.14. The second-order valence-corrected chi connectivity index (χ2v) is 4.68. The van der Waals surface area contributed by atoms with Gasteiger partial charge >= 0.3 is 6.03 Å². The monoisotopic (exact) mass is 243 g/mol. The van der Waals surface area contributed by atoms with E-state index in [1.54, 1.807) is 18.3 Å². The van der Waals surface area contributed by atoms with Gasteiger partial charge in [-0.3, -0.25) is 0 Å². The van der Waals surface area contributed by atoms with Crippen molar-refractivity contribution >= 4 is 17.4 Å². The molecule has 0 bridgehead atoms. The molecular formula is C10H17N3O2S. The lowest BCUT2D eigenvalue weighted by atomic mass is 10.4. The summed E-state index contributed by atoms with van der Waals surface area (Å²) in [5.41, 5.74) is 0. The zero-order chi connectivity index (χ0) is 12.0. The Bertz CT molecular complexity index is 341. The molecule has 0 saturated heterocycles. The van der Waals surface area contributed by atoms with Gasteiger partial charge in [-0.2, -0.15) is 0 Å². The van der Waals surface area contributed by atoms with Crippen LogP contribution in [0.25, 0.3) is 0 Å². The normalized spacial score (nSPS) is 12.2. The van der Waals surface area contributed by atoms with Crippen molar-refractivity contribution in [1.82, 2.24) is 15.6 Å². The van der Waals surface area contributed by atoms with E-state index < -0.39 is 0 Å². The summed E-state index contributed by atoms with van der Waals surface area (Å²) in [4.78, 5) is 16.7. The van der Waals surface area contributed by atoms with Gasteiger partial charge in [-0.05, 0) is 13.3 Å². The van der Waals surface area contributed by atoms with Gasteiger partial charge in [0, 0.05) is 11.1 Å². The van der Waals surface area contributed by atoms with Crippen LogP contribution in [0.15, 0.2) is 6.20 Å². The Labute approximate surface area is 98.9 Å². The molecule has 0 aromatic carbocycles. The van der Waals surface area contributed by atoms with E-state index in [4.69, 9.17) is 5.11 Å². The highest BCUT2D eigenvalue weighted by Gasteiger charge is 2.06. The van der Waals surface area contributed by atoms with Crippen LogP contribution in [0.3, 0.4) is 0 Å². The molecule has 5 nitrogen and oxygen atoms in total. The van der Waals surface area contributed by atoms with E-state index in [2.05, 4.69) is 22.5 Å². The average molecular weight is 243 g/mol. The number of urea groups is 1. The van der Waals surface area contributed by atoms with Crippen LogP contribution in [0.4, 0.5) is 4.79 Å². The number of aliphatic hydroxyl groups excluding tert-OH is 1. The van der Waals surface area contributed by atoms with Crippen molar-refractivity contribution in [3.63, 3.8) is 0 Å². The number of thiazole rings is 1. The molecule has 6 heteroatoms. The highest BCUT2D eigenvalue weighted by atomic mass is 32.1. The van der Waals surface area contributed by atoms with Crippen LogP contribution < -0.4 is 10.6 Å². The summed E-state index contributed by atoms with van der Waals surface area (Å²) in [5.74, 6) is 0. The van der Waals surface area contributed by atoms with E-state index in [0.29, 0.717) is 6.54 Å². The summed E-state index contributed by atoms with van der Waals surface area (Å²) in [6.45, 7) is 4.16. The van der Waals surface area contributed by atoms with Crippen LogP contribution >= 0.6 is 11.3 Å². The standard InChI is InChI=1S/C10H17N3O2S/c1-3-8-4-11-9(16-8)5-12-10(15)13-7(2)6-14/h4,7,14H,3,5-6H2,1-2H3,(H2,12,13,15)/t7-/m0/s1. The Morgan fingerprint density at radius 1 is 1.69 bits per heavy atom. The van der Waals surface area contributed by atoms with Crippen LogP contribution in [0.1, 0.15) is 23.7 Å². The van der Waals surface area contributed by atoms with Gasteiger partial charge < -0.3 is 15.7 Å². The van der Waals surface area contributed by atoms with Crippen LogP contribution in [0.2, 0.25) is 0 Å².